The van der Waals surface area contributed by atoms with E-state index >= 15 is 0 Å². The maximum absolute atomic E-state index is 12.4. The predicted octanol–water partition coefficient (Wildman–Crippen LogP) is 2.11. The average molecular weight is 423 g/mol. The second-order valence-corrected chi connectivity index (χ2v) is 9.07. The molecule has 0 saturated carbocycles. The summed E-state index contributed by atoms with van der Waals surface area (Å²) in [6, 6.07) is 10.1. The summed E-state index contributed by atoms with van der Waals surface area (Å²) in [4.78, 5) is 17.1. The van der Waals surface area contributed by atoms with Crippen LogP contribution in [0.5, 0.6) is 0 Å². The first kappa shape index (κ1) is 19.5. The molecule has 1 aromatic carbocycles. The van der Waals surface area contributed by atoms with Crippen LogP contribution in [-0.2, 0) is 18.7 Å². The molecule has 0 N–H and O–H groups in total. The Morgan fingerprint density at radius 3 is 2.67 bits per heavy atom. The first-order valence-corrected chi connectivity index (χ1v) is 11.7. The molecule has 0 unspecified atom stereocenters. The summed E-state index contributed by atoms with van der Waals surface area (Å²) >= 11 is 1.88. The lowest BCUT2D eigenvalue weighted by atomic mass is 10.1. The van der Waals surface area contributed by atoms with Gasteiger partial charge in [0.15, 0.2) is 5.82 Å². The van der Waals surface area contributed by atoms with Gasteiger partial charge in [-0.25, -0.2) is 4.68 Å². The molecule has 0 spiro atoms. The minimum atomic E-state index is 0.0243. The van der Waals surface area contributed by atoms with Gasteiger partial charge in [-0.15, -0.1) is 5.10 Å². The number of rotatable bonds is 4. The van der Waals surface area contributed by atoms with Crippen LogP contribution >= 0.6 is 11.8 Å². The van der Waals surface area contributed by atoms with Crippen LogP contribution in [0.25, 0.3) is 10.8 Å². The van der Waals surface area contributed by atoms with Crippen LogP contribution in [0, 0.1) is 6.92 Å². The van der Waals surface area contributed by atoms with Gasteiger partial charge in [-0.3, -0.25) is 9.69 Å². The van der Waals surface area contributed by atoms with E-state index in [2.05, 4.69) is 43.3 Å². The molecular weight excluding hydrogens is 396 g/mol. The molecule has 1 fully saturated rings. The molecule has 1 saturated heterocycles. The van der Waals surface area contributed by atoms with E-state index < -0.39 is 0 Å². The molecule has 8 heteroatoms. The van der Waals surface area contributed by atoms with Gasteiger partial charge < -0.3 is 4.90 Å². The van der Waals surface area contributed by atoms with Crippen molar-refractivity contribution >= 4 is 28.4 Å². The zero-order valence-corrected chi connectivity index (χ0v) is 18.1. The fraction of sp³-hybridized carbons (Fsp3) is 0.455. The van der Waals surface area contributed by atoms with Crippen molar-refractivity contribution in [3.05, 3.63) is 57.6 Å². The van der Waals surface area contributed by atoms with Gasteiger partial charge in [-0.2, -0.15) is 22.0 Å². The smallest absolute Gasteiger partial charge is 0.267 e. The summed E-state index contributed by atoms with van der Waals surface area (Å²) in [6.45, 7) is 7.20. The van der Waals surface area contributed by atoms with Crippen molar-refractivity contribution in [3.8, 4) is 0 Å². The summed E-state index contributed by atoms with van der Waals surface area (Å²) < 4.78 is 1.65. The molecular formula is C22H26N6OS. The zero-order chi connectivity index (χ0) is 20.5. The zero-order valence-electron chi connectivity index (χ0n) is 17.3. The third kappa shape index (κ3) is 3.81. The fourth-order valence-electron chi connectivity index (χ4n) is 4.29. The topological polar surface area (TPSA) is 67.2 Å². The summed E-state index contributed by atoms with van der Waals surface area (Å²) in [5, 5.41) is 15.8. The number of benzene rings is 1. The highest BCUT2D eigenvalue weighted by Crippen LogP contribution is 2.26. The Morgan fingerprint density at radius 1 is 1.03 bits per heavy atom. The number of hydrogen-bond donors (Lipinski definition) is 0. The van der Waals surface area contributed by atoms with Gasteiger partial charge in [-0.1, -0.05) is 24.3 Å². The second-order valence-electron chi connectivity index (χ2n) is 7.96. The third-order valence-electron chi connectivity index (χ3n) is 6.06. The lowest BCUT2D eigenvalue weighted by Crippen LogP contribution is -2.48. The van der Waals surface area contributed by atoms with Crippen LogP contribution < -0.4 is 10.5 Å². The standard InChI is InChI=1S/C22H26N6OS/c1-16-18-4-2-3-5-19(18)22(24-23-16)27-10-7-26(8-11-27)9-12-28-21(29)14-17-15-30-13-6-20(17)25-28/h2-5,14H,6-13,15H2,1H3. The lowest BCUT2D eigenvalue weighted by molar-refractivity contribution is 0.242. The Kier molecular flexibility index (Phi) is 5.43. The van der Waals surface area contributed by atoms with Crippen molar-refractivity contribution in [3.63, 3.8) is 0 Å². The first-order chi connectivity index (χ1) is 14.7. The van der Waals surface area contributed by atoms with Crippen molar-refractivity contribution in [2.24, 2.45) is 0 Å². The molecule has 30 heavy (non-hydrogen) atoms. The van der Waals surface area contributed by atoms with Crippen LogP contribution in [0.4, 0.5) is 5.82 Å². The average Bonchev–Trinajstić information content (AvgIpc) is 2.79. The number of thioether (sulfide) groups is 1. The van der Waals surface area contributed by atoms with E-state index in [1.165, 1.54) is 10.8 Å². The summed E-state index contributed by atoms with van der Waals surface area (Å²) in [5.74, 6) is 2.98. The van der Waals surface area contributed by atoms with E-state index in [1.54, 1.807) is 10.7 Å². The van der Waals surface area contributed by atoms with E-state index in [-0.39, 0.29) is 5.56 Å². The summed E-state index contributed by atoms with van der Waals surface area (Å²) in [6.07, 6.45) is 0.963. The van der Waals surface area contributed by atoms with Gasteiger partial charge in [-0.05, 0) is 18.2 Å². The van der Waals surface area contributed by atoms with E-state index in [0.29, 0.717) is 6.54 Å². The molecule has 0 atom stereocenters. The fourth-order valence-corrected chi connectivity index (χ4v) is 5.24. The van der Waals surface area contributed by atoms with Gasteiger partial charge >= 0.3 is 0 Å². The predicted molar refractivity (Wildman–Crippen MR) is 121 cm³/mol. The molecule has 4 heterocycles. The van der Waals surface area contributed by atoms with Crippen LogP contribution in [0.2, 0.25) is 0 Å². The summed E-state index contributed by atoms with van der Waals surface area (Å²) in [5.41, 5.74) is 3.21. The number of anilines is 1. The Morgan fingerprint density at radius 2 is 1.83 bits per heavy atom. The second kappa shape index (κ2) is 8.35. The van der Waals surface area contributed by atoms with Gasteiger partial charge in [0, 0.05) is 61.7 Å². The van der Waals surface area contributed by atoms with Gasteiger partial charge in [0.25, 0.3) is 5.56 Å². The van der Waals surface area contributed by atoms with Crippen LogP contribution in [0.15, 0.2) is 35.1 Å². The van der Waals surface area contributed by atoms with Crippen LogP contribution in [0.1, 0.15) is 17.0 Å². The molecule has 7 nitrogen and oxygen atoms in total. The molecule has 5 rings (SSSR count). The molecule has 3 aromatic rings. The number of hydrogen-bond acceptors (Lipinski definition) is 7. The van der Waals surface area contributed by atoms with Crippen molar-refractivity contribution in [1.29, 1.82) is 0 Å². The van der Waals surface area contributed by atoms with Crippen LogP contribution in [0.3, 0.4) is 0 Å². The van der Waals surface area contributed by atoms with Gasteiger partial charge in [0.1, 0.15) is 0 Å². The summed E-state index contributed by atoms with van der Waals surface area (Å²) in [7, 11) is 0. The molecule has 0 bridgehead atoms. The highest BCUT2D eigenvalue weighted by Gasteiger charge is 2.21. The number of aromatic nitrogens is 4. The maximum Gasteiger partial charge on any atom is 0.267 e. The number of aryl methyl sites for hydroxylation is 2. The molecule has 2 aromatic heterocycles. The van der Waals surface area contributed by atoms with Gasteiger partial charge in [0.2, 0.25) is 0 Å². The molecule has 2 aliphatic rings. The van der Waals surface area contributed by atoms with Gasteiger partial charge in [0.05, 0.1) is 17.9 Å². The minimum Gasteiger partial charge on any atom is -0.352 e. The van der Waals surface area contributed by atoms with Crippen molar-refractivity contribution < 1.29 is 0 Å². The third-order valence-corrected chi connectivity index (χ3v) is 7.07. The lowest BCUT2D eigenvalue weighted by Gasteiger charge is -2.35. The Hall–Kier alpha value is -2.45. The minimum absolute atomic E-state index is 0.0243. The number of fused-ring (bicyclic) bond motifs is 2. The molecule has 0 aliphatic carbocycles. The van der Waals surface area contributed by atoms with Crippen LogP contribution in [-0.4, -0.2) is 63.4 Å². The quantitative estimate of drug-likeness (QED) is 0.638. The Labute approximate surface area is 180 Å². The highest BCUT2D eigenvalue weighted by atomic mass is 32.2. The molecule has 156 valence electrons. The number of nitrogens with zero attached hydrogens (tertiary/aromatic N) is 6. The van der Waals surface area contributed by atoms with Crippen molar-refractivity contribution in [1.82, 2.24) is 24.9 Å². The number of piperazine rings is 1. The monoisotopic (exact) mass is 422 g/mol. The van der Waals surface area contributed by atoms with Crippen molar-refractivity contribution in [2.45, 2.75) is 25.6 Å². The Balaban J connectivity index is 1.23. The SMILES string of the molecule is Cc1nnc(N2CCN(CCn3nc4c(cc3=O)CSCC4)CC2)c2ccccc12. The normalized spacial score (nSPS) is 17.3. The Bertz CT molecular complexity index is 1120. The molecule has 0 amide bonds. The molecule has 0 radical (unpaired) electrons. The highest BCUT2D eigenvalue weighted by molar-refractivity contribution is 7.98. The molecule has 2 aliphatic heterocycles. The van der Waals surface area contributed by atoms with E-state index in [0.717, 1.165) is 73.4 Å². The van der Waals surface area contributed by atoms with E-state index in [1.807, 2.05) is 24.8 Å². The maximum atomic E-state index is 12.4. The van der Waals surface area contributed by atoms with E-state index in [4.69, 9.17) is 0 Å². The largest absolute Gasteiger partial charge is 0.352 e. The first-order valence-electron chi connectivity index (χ1n) is 10.6. The van der Waals surface area contributed by atoms with Crippen molar-refractivity contribution in [2.75, 3.05) is 43.4 Å². The van der Waals surface area contributed by atoms with E-state index in [9.17, 15) is 4.79 Å².